The van der Waals surface area contributed by atoms with Crippen LogP contribution in [0, 0.1) is 17.0 Å². The van der Waals surface area contributed by atoms with Crippen LogP contribution >= 0.6 is 0 Å². The summed E-state index contributed by atoms with van der Waals surface area (Å²) in [5.41, 5.74) is 8.03. The average Bonchev–Trinajstić information content (AvgIpc) is 2.89. The molecule has 1 aromatic heterocycles. The van der Waals surface area contributed by atoms with E-state index in [-0.39, 0.29) is 11.5 Å². The number of anilines is 1. The van der Waals surface area contributed by atoms with Crippen LogP contribution in [0.25, 0.3) is 0 Å². The van der Waals surface area contributed by atoms with E-state index >= 15 is 0 Å². The smallest absolute Gasteiger partial charge is 0.333 e. The van der Waals surface area contributed by atoms with Crippen molar-refractivity contribution >= 4 is 11.5 Å². The number of rotatable bonds is 6. The van der Waals surface area contributed by atoms with Crippen LogP contribution in [-0.2, 0) is 13.2 Å². The molecule has 2 N–H and O–H groups in total. The van der Waals surface area contributed by atoms with Crippen molar-refractivity contribution in [2.24, 2.45) is 0 Å². The topological polar surface area (TPSA) is 96.2 Å². The SMILES string of the molecule is Cc1nn(Cc2ccc(OCc3ccccc3)cc2)c(N)c1[N+](=O)[O-]. The van der Waals surface area contributed by atoms with Crippen molar-refractivity contribution in [2.45, 2.75) is 20.1 Å². The van der Waals surface area contributed by atoms with Crippen molar-refractivity contribution in [3.05, 3.63) is 81.5 Å². The van der Waals surface area contributed by atoms with Gasteiger partial charge in [-0.05, 0) is 30.2 Å². The average molecular weight is 338 g/mol. The quantitative estimate of drug-likeness (QED) is 0.549. The van der Waals surface area contributed by atoms with Gasteiger partial charge in [0.25, 0.3) is 0 Å². The van der Waals surface area contributed by atoms with E-state index in [1.54, 1.807) is 6.92 Å². The number of nitrogen functional groups attached to an aromatic ring is 1. The molecule has 0 saturated heterocycles. The number of benzene rings is 2. The summed E-state index contributed by atoms with van der Waals surface area (Å²) in [6.07, 6.45) is 0. The zero-order valence-corrected chi connectivity index (χ0v) is 13.8. The van der Waals surface area contributed by atoms with Gasteiger partial charge >= 0.3 is 5.69 Å². The first-order chi connectivity index (χ1) is 12.0. The van der Waals surface area contributed by atoms with Crippen LogP contribution in [0.1, 0.15) is 16.8 Å². The summed E-state index contributed by atoms with van der Waals surface area (Å²) in [4.78, 5) is 10.5. The summed E-state index contributed by atoms with van der Waals surface area (Å²) >= 11 is 0. The summed E-state index contributed by atoms with van der Waals surface area (Å²) < 4.78 is 7.18. The second-order valence-corrected chi connectivity index (χ2v) is 5.65. The van der Waals surface area contributed by atoms with Crippen molar-refractivity contribution in [3.8, 4) is 5.75 Å². The Bertz CT molecular complexity index is 873. The normalized spacial score (nSPS) is 10.6. The highest BCUT2D eigenvalue weighted by atomic mass is 16.6. The van der Waals surface area contributed by atoms with Gasteiger partial charge in [-0.1, -0.05) is 42.5 Å². The molecular formula is C18H18N4O3. The van der Waals surface area contributed by atoms with Gasteiger partial charge in [-0.25, -0.2) is 4.68 Å². The maximum absolute atomic E-state index is 11.0. The summed E-state index contributed by atoms with van der Waals surface area (Å²) in [6, 6.07) is 17.4. The summed E-state index contributed by atoms with van der Waals surface area (Å²) in [5, 5.41) is 15.1. The minimum atomic E-state index is -0.505. The minimum absolute atomic E-state index is 0.0619. The first kappa shape index (κ1) is 16.5. The van der Waals surface area contributed by atoms with E-state index in [1.807, 2.05) is 54.6 Å². The molecule has 2 aromatic carbocycles. The lowest BCUT2D eigenvalue weighted by Gasteiger charge is -2.08. The van der Waals surface area contributed by atoms with E-state index in [9.17, 15) is 10.1 Å². The predicted octanol–water partition coefficient (Wildman–Crippen LogP) is 3.31. The van der Waals surface area contributed by atoms with Crippen LogP contribution in [0.15, 0.2) is 54.6 Å². The highest BCUT2D eigenvalue weighted by molar-refractivity contribution is 5.56. The zero-order chi connectivity index (χ0) is 17.8. The predicted molar refractivity (Wildman–Crippen MR) is 94.3 cm³/mol. The van der Waals surface area contributed by atoms with Crippen molar-refractivity contribution < 1.29 is 9.66 Å². The summed E-state index contributed by atoms with van der Waals surface area (Å²) in [7, 11) is 0. The fourth-order valence-corrected chi connectivity index (χ4v) is 2.54. The van der Waals surface area contributed by atoms with Gasteiger partial charge in [-0.2, -0.15) is 5.10 Å². The van der Waals surface area contributed by atoms with Crippen LogP contribution in [0.2, 0.25) is 0 Å². The Morgan fingerprint density at radius 1 is 1.12 bits per heavy atom. The first-order valence-electron chi connectivity index (χ1n) is 7.77. The third-order valence-corrected chi connectivity index (χ3v) is 3.82. The molecule has 0 fully saturated rings. The molecule has 0 aliphatic rings. The number of nitrogens with zero attached hydrogens (tertiary/aromatic N) is 3. The molecule has 0 amide bonds. The Labute approximate surface area is 144 Å². The molecule has 7 heteroatoms. The monoisotopic (exact) mass is 338 g/mol. The van der Waals surface area contributed by atoms with Gasteiger partial charge in [-0.3, -0.25) is 10.1 Å². The fourth-order valence-electron chi connectivity index (χ4n) is 2.54. The first-order valence-corrected chi connectivity index (χ1v) is 7.77. The molecule has 128 valence electrons. The zero-order valence-electron chi connectivity index (χ0n) is 13.8. The van der Waals surface area contributed by atoms with Crippen LogP contribution in [0.3, 0.4) is 0 Å². The third kappa shape index (κ3) is 3.77. The number of hydrogen-bond donors (Lipinski definition) is 1. The van der Waals surface area contributed by atoms with E-state index in [0.717, 1.165) is 16.9 Å². The van der Waals surface area contributed by atoms with Crippen molar-refractivity contribution in [3.63, 3.8) is 0 Å². The molecule has 7 nitrogen and oxygen atoms in total. The van der Waals surface area contributed by atoms with Gasteiger partial charge in [-0.15, -0.1) is 0 Å². The molecule has 0 bridgehead atoms. The molecule has 0 radical (unpaired) electrons. The molecule has 3 aromatic rings. The van der Waals surface area contributed by atoms with Crippen molar-refractivity contribution in [1.82, 2.24) is 9.78 Å². The van der Waals surface area contributed by atoms with E-state index < -0.39 is 4.92 Å². The number of nitro groups is 1. The second-order valence-electron chi connectivity index (χ2n) is 5.65. The Morgan fingerprint density at radius 3 is 2.40 bits per heavy atom. The minimum Gasteiger partial charge on any atom is -0.489 e. The lowest BCUT2D eigenvalue weighted by molar-refractivity contribution is -0.384. The molecule has 0 spiro atoms. The molecule has 1 heterocycles. The number of nitrogens with two attached hydrogens (primary N) is 1. The fraction of sp³-hybridized carbons (Fsp3) is 0.167. The van der Waals surface area contributed by atoms with E-state index in [2.05, 4.69) is 5.10 Å². The number of hydrogen-bond acceptors (Lipinski definition) is 5. The summed E-state index contributed by atoms with van der Waals surface area (Å²) in [5.74, 6) is 0.815. The standard InChI is InChI=1S/C18H18N4O3/c1-13-17(22(23)24)18(19)21(20-13)11-14-7-9-16(10-8-14)25-12-15-5-3-2-4-6-15/h2-10H,11-12,19H2,1H3. The maximum Gasteiger partial charge on any atom is 0.333 e. The molecular weight excluding hydrogens is 320 g/mol. The van der Waals surface area contributed by atoms with Crippen molar-refractivity contribution in [1.29, 1.82) is 0 Å². The molecule has 0 atom stereocenters. The summed E-state index contributed by atoms with van der Waals surface area (Å²) in [6.45, 7) is 2.43. The van der Waals surface area contributed by atoms with Crippen LogP contribution in [0.5, 0.6) is 5.75 Å². The lowest BCUT2D eigenvalue weighted by Crippen LogP contribution is -2.06. The molecule has 3 rings (SSSR count). The van der Waals surface area contributed by atoms with Crippen LogP contribution in [0.4, 0.5) is 11.5 Å². The van der Waals surface area contributed by atoms with Gasteiger partial charge in [0, 0.05) is 0 Å². The van der Waals surface area contributed by atoms with Crippen molar-refractivity contribution in [2.75, 3.05) is 5.73 Å². The van der Waals surface area contributed by atoms with E-state index in [1.165, 1.54) is 4.68 Å². The second kappa shape index (κ2) is 7.04. The Balaban J connectivity index is 1.67. The number of ether oxygens (including phenoxy) is 1. The number of aryl methyl sites for hydroxylation is 1. The Hall–Kier alpha value is -3.35. The van der Waals surface area contributed by atoms with Gasteiger partial charge < -0.3 is 10.5 Å². The molecule has 0 aliphatic heterocycles. The van der Waals surface area contributed by atoms with E-state index in [4.69, 9.17) is 10.5 Å². The van der Waals surface area contributed by atoms with Gasteiger partial charge in [0.1, 0.15) is 18.1 Å². The van der Waals surface area contributed by atoms with Gasteiger partial charge in [0.05, 0.1) is 11.5 Å². The molecule has 0 unspecified atom stereocenters. The largest absolute Gasteiger partial charge is 0.489 e. The highest BCUT2D eigenvalue weighted by Crippen LogP contribution is 2.26. The lowest BCUT2D eigenvalue weighted by atomic mass is 10.2. The Morgan fingerprint density at radius 2 is 1.80 bits per heavy atom. The van der Waals surface area contributed by atoms with Gasteiger partial charge in [0.2, 0.25) is 5.82 Å². The molecule has 0 aliphatic carbocycles. The molecule has 0 saturated carbocycles. The van der Waals surface area contributed by atoms with Crippen LogP contribution < -0.4 is 10.5 Å². The van der Waals surface area contributed by atoms with E-state index in [0.29, 0.717) is 18.8 Å². The van der Waals surface area contributed by atoms with Crippen LogP contribution in [-0.4, -0.2) is 14.7 Å². The highest BCUT2D eigenvalue weighted by Gasteiger charge is 2.22. The van der Waals surface area contributed by atoms with Gasteiger partial charge in [0.15, 0.2) is 0 Å². The third-order valence-electron chi connectivity index (χ3n) is 3.82. The number of aromatic nitrogens is 2. The Kier molecular flexibility index (Phi) is 4.65. The molecule has 25 heavy (non-hydrogen) atoms. The maximum atomic E-state index is 11.0.